The van der Waals surface area contributed by atoms with Crippen molar-refractivity contribution in [1.82, 2.24) is 19.3 Å². The molecule has 24 heavy (non-hydrogen) atoms. The highest BCUT2D eigenvalue weighted by Gasteiger charge is 2.17. The Kier molecular flexibility index (Phi) is 3.98. The van der Waals surface area contributed by atoms with Crippen LogP contribution in [0.4, 0.5) is 0 Å². The number of hydrogen-bond acceptors (Lipinski definition) is 5. The lowest BCUT2D eigenvalue weighted by Crippen LogP contribution is -2.26. The third-order valence-corrected chi connectivity index (χ3v) is 3.80. The summed E-state index contributed by atoms with van der Waals surface area (Å²) in [4.78, 5) is 28.6. The number of carbonyl (C=O) groups is 1. The normalized spacial score (nSPS) is 11.2. The SMILES string of the molecule is Cc1cc(-c2cn3cc(C(=O)NCCO)nc3c(=O)n2C)c(C)o1. The van der Waals surface area contributed by atoms with Gasteiger partial charge in [0.25, 0.3) is 11.5 Å². The Balaban J connectivity index is 2.14. The van der Waals surface area contributed by atoms with E-state index >= 15 is 0 Å². The molecule has 0 bridgehead atoms. The molecule has 3 aromatic heterocycles. The van der Waals surface area contributed by atoms with E-state index in [1.165, 1.54) is 15.2 Å². The minimum absolute atomic E-state index is 0.123. The summed E-state index contributed by atoms with van der Waals surface area (Å²) in [7, 11) is 1.65. The Hall–Kier alpha value is -2.87. The number of furan rings is 1. The molecule has 1 amide bonds. The molecule has 0 spiro atoms. The van der Waals surface area contributed by atoms with Crippen molar-refractivity contribution in [3.63, 3.8) is 0 Å². The van der Waals surface area contributed by atoms with Gasteiger partial charge in [-0.05, 0) is 19.9 Å². The van der Waals surface area contributed by atoms with Crippen LogP contribution in [0.25, 0.3) is 16.9 Å². The minimum atomic E-state index is -0.438. The summed E-state index contributed by atoms with van der Waals surface area (Å²) in [6, 6.07) is 1.86. The van der Waals surface area contributed by atoms with Crippen molar-refractivity contribution in [3.8, 4) is 11.3 Å². The predicted octanol–water partition coefficient (Wildman–Crippen LogP) is 0.632. The second kappa shape index (κ2) is 5.97. The zero-order valence-corrected chi connectivity index (χ0v) is 13.7. The maximum absolute atomic E-state index is 12.6. The van der Waals surface area contributed by atoms with Gasteiger partial charge < -0.3 is 19.4 Å². The summed E-state index contributed by atoms with van der Waals surface area (Å²) in [5.41, 5.74) is 1.45. The summed E-state index contributed by atoms with van der Waals surface area (Å²) in [6.07, 6.45) is 3.24. The van der Waals surface area contributed by atoms with Crippen molar-refractivity contribution in [2.24, 2.45) is 7.05 Å². The van der Waals surface area contributed by atoms with E-state index in [-0.39, 0.29) is 30.1 Å². The molecule has 0 aliphatic rings. The molecule has 0 aromatic carbocycles. The van der Waals surface area contributed by atoms with Crippen molar-refractivity contribution < 1.29 is 14.3 Å². The van der Waals surface area contributed by atoms with Crippen LogP contribution in [0.5, 0.6) is 0 Å². The van der Waals surface area contributed by atoms with Gasteiger partial charge >= 0.3 is 0 Å². The molecule has 0 aliphatic carbocycles. The number of aryl methyl sites for hydroxylation is 2. The Morgan fingerprint density at radius 3 is 2.75 bits per heavy atom. The van der Waals surface area contributed by atoms with Gasteiger partial charge in [0.05, 0.1) is 12.3 Å². The van der Waals surface area contributed by atoms with E-state index in [2.05, 4.69) is 10.3 Å². The fourth-order valence-electron chi connectivity index (χ4n) is 2.63. The lowest BCUT2D eigenvalue weighted by atomic mass is 10.2. The summed E-state index contributed by atoms with van der Waals surface area (Å²) in [5.74, 6) is 1.03. The molecule has 0 aliphatic heterocycles. The monoisotopic (exact) mass is 330 g/mol. The van der Waals surface area contributed by atoms with Gasteiger partial charge in [0.1, 0.15) is 17.2 Å². The molecule has 0 radical (unpaired) electrons. The zero-order valence-electron chi connectivity index (χ0n) is 13.7. The molecule has 0 unspecified atom stereocenters. The number of imidazole rings is 1. The van der Waals surface area contributed by atoms with Crippen LogP contribution in [0.15, 0.2) is 27.7 Å². The van der Waals surface area contributed by atoms with E-state index in [0.717, 1.165) is 11.3 Å². The van der Waals surface area contributed by atoms with Crippen LogP contribution < -0.4 is 10.9 Å². The number of carbonyl (C=O) groups excluding carboxylic acids is 1. The van der Waals surface area contributed by atoms with Gasteiger partial charge in [-0.2, -0.15) is 0 Å². The van der Waals surface area contributed by atoms with Crippen molar-refractivity contribution in [2.45, 2.75) is 13.8 Å². The molecule has 0 saturated carbocycles. The number of aromatic nitrogens is 3. The number of aliphatic hydroxyl groups is 1. The fraction of sp³-hybridized carbons (Fsp3) is 0.312. The predicted molar refractivity (Wildman–Crippen MR) is 87.0 cm³/mol. The van der Waals surface area contributed by atoms with Crippen LogP contribution in [-0.2, 0) is 7.05 Å². The third kappa shape index (κ3) is 2.61. The van der Waals surface area contributed by atoms with Crippen LogP contribution in [0, 0.1) is 13.8 Å². The number of hydrogen-bond donors (Lipinski definition) is 2. The van der Waals surface area contributed by atoms with E-state index in [0.29, 0.717) is 11.5 Å². The Morgan fingerprint density at radius 1 is 1.38 bits per heavy atom. The molecule has 0 fully saturated rings. The summed E-state index contributed by atoms with van der Waals surface area (Å²) < 4.78 is 8.55. The molecule has 3 aromatic rings. The second-order valence-corrected chi connectivity index (χ2v) is 5.54. The largest absolute Gasteiger partial charge is 0.466 e. The van der Waals surface area contributed by atoms with Gasteiger partial charge in [-0.3, -0.25) is 14.0 Å². The van der Waals surface area contributed by atoms with Crippen LogP contribution in [0.3, 0.4) is 0 Å². The van der Waals surface area contributed by atoms with E-state index in [1.54, 1.807) is 13.2 Å². The van der Waals surface area contributed by atoms with E-state index < -0.39 is 5.91 Å². The molecular formula is C16H18N4O4. The lowest BCUT2D eigenvalue weighted by Gasteiger charge is -2.07. The smallest absolute Gasteiger partial charge is 0.294 e. The maximum atomic E-state index is 12.6. The van der Waals surface area contributed by atoms with E-state index in [4.69, 9.17) is 9.52 Å². The molecule has 126 valence electrons. The van der Waals surface area contributed by atoms with E-state index in [9.17, 15) is 9.59 Å². The Morgan fingerprint density at radius 2 is 2.12 bits per heavy atom. The molecule has 3 heterocycles. The Labute approximate surface area is 137 Å². The molecule has 8 heteroatoms. The highest BCUT2D eigenvalue weighted by atomic mass is 16.3. The fourth-order valence-corrected chi connectivity index (χ4v) is 2.63. The van der Waals surface area contributed by atoms with Crippen molar-refractivity contribution >= 4 is 11.6 Å². The quantitative estimate of drug-likeness (QED) is 0.731. The Bertz CT molecular complexity index is 980. The third-order valence-electron chi connectivity index (χ3n) is 3.80. The summed E-state index contributed by atoms with van der Waals surface area (Å²) in [6.45, 7) is 3.64. The van der Waals surface area contributed by atoms with Gasteiger partial charge in [0.15, 0.2) is 0 Å². The molecule has 0 saturated heterocycles. The molecule has 8 nitrogen and oxygen atoms in total. The van der Waals surface area contributed by atoms with Crippen molar-refractivity contribution in [3.05, 3.63) is 46.0 Å². The van der Waals surface area contributed by atoms with Gasteiger partial charge in [0.2, 0.25) is 5.65 Å². The van der Waals surface area contributed by atoms with Crippen LogP contribution in [0.1, 0.15) is 22.0 Å². The standard InChI is InChI=1S/C16H18N4O4/c1-9-6-11(10(2)24-9)13-8-20-7-12(15(22)17-4-5-21)18-14(20)16(23)19(13)3/h6-8,21H,4-5H2,1-3H3,(H,17,22). The first kappa shape index (κ1) is 16.0. The number of rotatable bonds is 4. The van der Waals surface area contributed by atoms with Crippen LogP contribution in [0.2, 0.25) is 0 Å². The summed E-state index contributed by atoms with van der Waals surface area (Å²) in [5, 5.41) is 11.3. The van der Waals surface area contributed by atoms with Gasteiger partial charge in [0, 0.05) is 31.5 Å². The van der Waals surface area contributed by atoms with E-state index in [1.807, 2.05) is 19.9 Å². The van der Waals surface area contributed by atoms with Crippen molar-refractivity contribution in [2.75, 3.05) is 13.2 Å². The first-order valence-electron chi connectivity index (χ1n) is 7.47. The second-order valence-electron chi connectivity index (χ2n) is 5.54. The first-order valence-corrected chi connectivity index (χ1v) is 7.47. The van der Waals surface area contributed by atoms with Crippen LogP contribution >= 0.6 is 0 Å². The average molecular weight is 330 g/mol. The number of nitrogens with zero attached hydrogens (tertiary/aromatic N) is 3. The van der Waals surface area contributed by atoms with Gasteiger partial charge in [-0.15, -0.1) is 0 Å². The molecular weight excluding hydrogens is 312 g/mol. The first-order chi connectivity index (χ1) is 11.4. The highest BCUT2D eigenvalue weighted by molar-refractivity contribution is 5.92. The molecule has 0 atom stereocenters. The maximum Gasteiger partial charge on any atom is 0.294 e. The average Bonchev–Trinajstić information content (AvgIpc) is 3.11. The zero-order chi connectivity index (χ0) is 17.4. The number of nitrogens with one attached hydrogen (secondary N) is 1. The lowest BCUT2D eigenvalue weighted by molar-refractivity contribution is 0.0940. The number of amides is 1. The number of fused-ring (bicyclic) bond motifs is 1. The molecule has 3 rings (SSSR count). The minimum Gasteiger partial charge on any atom is -0.466 e. The summed E-state index contributed by atoms with van der Waals surface area (Å²) >= 11 is 0. The highest BCUT2D eigenvalue weighted by Crippen LogP contribution is 2.25. The van der Waals surface area contributed by atoms with Gasteiger partial charge in [-0.1, -0.05) is 0 Å². The molecule has 2 N–H and O–H groups in total. The van der Waals surface area contributed by atoms with Gasteiger partial charge in [-0.25, -0.2) is 4.98 Å². The van der Waals surface area contributed by atoms with Crippen molar-refractivity contribution in [1.29, 1.82) is 0 Å². The topological polar surface area (TPSA) is 102 Å². The van der Waals surface area contributed by atoms with Crippen LogP contribution in [-0.4, -0.2) is 38.1 Å². The number of aliphatic hydroxyl groups excluding tert-OH is 1.